The zero-order valence-corrected chi connectivity index (χ0v) is 14.6. The first kappa shape index (κ1) is 16.1. The number of nitrogens with zero attached hydrogens (tertiary/aromatic N) is 2. The molecule has 1 aromatic heterocycles. The number of carbonyl (C=O) groups is 1. The molecule has 0 aliphatic carbocycles. The van der Waals surface area contributed by atoms with Crippen molar-refractivity contribution < 1.29 is 4.79 Å². The standard InChI is InChI=1S/C19H25N5O/c1-13-3-2-4-15(11-13)21-14-6-9-24(10-7-14)19(25)18-16-12-20-8-5-17(16)22-23-18/h2-4,11,14,20-21H,5-10,12H2,1H3,(H,22,23). The minimum atomic E-state index is 0.0650. The normalized spacial score (nSPS) is 18.0. The van der Waals surface area contributed by atoms with Gasteiger partial charge in [-0.2, -0.15) is 5.10 Å². The van der Waals surface area contributed by atoms with Gasteiger partial charge in [-0.15, -0.1) is 0 Å². The van der Waals surface area contributed by atoms with Crippen LogP contribution in [0, 0.1) is 6.92 Å². The SMILES string of the molecule is Cc1cccc(NC2CCN(C(=O)c3n[nH]c4c3CNCC4)CC2)c1. The van der Waals surface area contributed by atoms with E-state index in [1.54, 1.807) is 0 Å². The number of aromatic amines is 1. The molecule has 3 heterocycles. The number of likely N-dealkylation sites (tertiary alicyclic amines) is 1. The Bertz CT molecular complexity index is 761. The highest BCUT2D eigenvalue weighted by Gasteiger charge is 2.28. The fraction of sp³-hybridized carbons (Fsp3) is 0.474. The Morgan fingerprint density at radius 3 is 2.96 bits per heavy atom. The number of rotatable bonds is 3. The van der Waals surface area contributed by atoms with E-state index in [2.05, 4.69) is 52.0 Å². The van der Waals surface area contributed by atoms with E-state index in [1.807, 2.05) is 4.90 Å². The van der Waals surface area contributed by atoms with E-state index in [-0.39, 0.29) is 5.91 Å². The first-order valence-electron chi connectivity index (χ1n) is 9.10. The minimum absolute atomic E-state index is 0.0650. The number of anilines is 1. The molecular formula is C19H25N5O. The van der Waals surface area contributed by atoms with Crippen molar-refractivity contribution in [1.29, 1.82) is 0 Å². The maximum absolute atomic E-state index is 12.8. The lowest BCUT2D eigenvalue weighted by Gasteiger charge is -2.32. The lowest BCUT2D eigenvalue weighted by atomic mass is 10.0. The summed E-state index contributed by atoms with van der Waals surface area (Å²) in [5, 5.41) is 14.3. The highest BCUT2D eigenvalue weighted by molar-refractivity contribution is 5.94. The van der Waals surface area contributed by atoms with Crippen LogP contribution in [0.3, 0.4) is 0 Å². The van der Waals surface area contributed by atoms with E-state index in [4.69, 9.17) is 0 Å². The average Bonchev–Trinajstić information content (AvgIpc) is 3.06. The van der Waals surface area contributed by atoms with Gasteiger partial charge in [0.1, 0.15) is 0 Å². The number of aromatic nitrogens is 2. The van der Waals surface area contributed by atoms with Crippen molar-refractivity contribution in [2.75, 3.05) is 25.0 Å². The van der Waals surface area contributed by atoms with Crippen LogP contribution in [0.4, 0.5) is 5.69 Å². The van der Waals surface area contributed by atoms with Crippen molar-refractivity contribution in [3.63, 3.8) is 0 Å². The second-order valence-electron chi connectivity index (χ2n) is 7.04. The van der Waals surface area contributed by atoms with Crippen LogP contribution in [-0.2, 0) is 13.0 Å². The number of benzene rings is 1. The summed E-state index contributed by atoms with van der Waals surface area (Å²) in [4.78, 5) is 14.8. The number of piperidine rings is 1. The molecule has 3 N–H and O–H groups in total. The number of carbonyl (C=O) groups excluding carboxylic acids is 1. The van der Waals surface area contributed by atoms with Gasteiger partial charge in [-0.1, -0.05) is 12.1 Å². The smallest absolute Gasteiger partial charge is 0.274 e. The molecule has 0 bridgehead atoms. The maximum atomic E-state index is 12.8. The topological polar surface area (TPSA) is 73.0 Å². The fourth-order valence-corrected chi connectivity index (χ4v) is 3.75. The molecule has 1 fully saturated rings. The third-order valence-corrected chi connectivity index (χ3v) is 5.18. The number of hydrogen-bond donors (Lipinski definition) is 3. The van der Waals surface area contributed by atoms with E-state index in [0.29, 0.717) is 11.7 Å². The molecule has 0 atom stereocenters. The molecule has 1 aromatic carbocycles. The van der Waals surface area contributed by atoms with E-state index in [9.17, 15) is 4.79 Å². The Hall–Kier alpha value is -2.34. The largest absolute Gasteiger partial charge is 0.382 e. The van der Waals surface area contributed by atoms with Crippen molar-refractivity contribution in [3.8, 4) is 0 Å². The van der Waals surface area contributed by atoms with Gasteiger partial charge in [0.05, 0.1) is 0 Å². The molecule has 4 rings (SSSR count). The monoisotopic (exact) mass is 339 g/mol. The van der Waals surface area contributed by atoms with Crippen LogP contribution in [0.1, 0.15) is 40.2 Å². The number of aryl methyl sites for hydroxylation is 1. The molecule has 0 unspecified atom stereocenters. The minimum Gasteiger partial charge on any atom is -0.382 e. The molecule has 1 saturated heterocycles. The third kappa shape index (κ3) is 3.39. The van der Waals surface area contributed by atoms with Gasteiger partial charge in [-0.05, 0) is 37.5 Å². The predicted octanol–water partition coefficient (Wildman–Crippen LogP) is 2.08. The Morgan fingerprint density at radius 2 is 2.16 bits per heavy atom. The molecule has 6 nitrogen and oxygen atoms in total. The Labute approximate surface area is 148 Å². The average molecular weight is 339 g/mol. The molecular weight excluding hydrogens is 314 g/mol. The highest BCUT2D eigenvalue weighted by Crippen LogP contribution is 2.21. The molecule has 0 spiro atoms. The maximum Gasteiger partial charge on any atom is 0.274 e. The molecule has 2 aliphatic heterocycles. The van der Waals surface area contributed by atoms with Crippen molar-refractivity contribution in [1.82, 2.24) is 20.4 Å². The van der Waals surface area contributed by atoms with Crippen LogP contribution < -0.4 is 10.6 Å². The van der Waals surface area contributed by atoms with E-state index < -0.39 is 0 Å². The van der Waals surface area contributed by atoms with Crippen LogP contribution in [0.5, 0.6) is 0 Å². The van der Waals surface area contributed by atoms with Gasteiger partial charge in [0.25, 0.3) is 5.91 Å². The van der Waals surface area contributed by atoms with Gasteiger partial charge in [-0.3, -0.25) is 9.89 Å². The second-order valence-corrected chi connectivity index (χ2v) is 7.04. The van der Waals surface area contributed by atoms with Crippen LogP contribution in [-0.4, -0.2) is 46.7 Å². The lowest BCUT2D eigenvalue weighted by Crippen LogP contribution is -2.43. The summed E-state index contributed by atoms with van der Waals surface area (Å²) >= 11 is 0. The zero-order valence-electron chi connectivity index (χ0n) is 14.6. The van der Waals surface area contributed by atoms with Crippen LogP contribution >= 0.6 is 0 Å². The summed E-state index contributed by atoms with van der Waals surface area (Å²) in [7, 11) is 0. The summed E-state index contributed by atoms with van der Waals surface area (Å²) in [6, 6.07) is 8.87. The molecule has 0 saturated carbocycles. The second kappa shape index (κ2) is 6.88. The molecule has 25 heavy (non-hydrogen) atoms. The van der Waals surface area contributed by atoms with Crippen LogP contribution in [0.25, 0.3) is 0 Å². The first-order valence-corrected chi connectivity index (χ1v) is 9.10. The fourth-order valence-electron chi connectivity index (χ4n) is 3.75. The van der Waals surface area contributed by atoms with E-state index >= 15 is 0 Å². The molecule has 6 heteroatoms. The number of fused-ring (bicyclic) bond motifs is 1. The van der Waals surface area contributed by atoms with Crippen LogP contribution in [0.2, 0.25) is 0 Å². The van der Waals surface area contributed by atoms with Gasteiger partial charge in [0.15, 0.2) is 5.69 Å². The molecule has 2 aliphatic rings. The number of H-pyrrole nitrogens is 1. The van der Waals surface area contributed by atoms with Crippen molar-refractivity contribution >= 4 is 11.6 Å². The van der Waals surface area contributed by atoms with Gasteiger partial charge in [-0.25, -0.2) is 0 Å². The molecule has 0 radical (unpaired) electrons. The molecule has 2 aromatic rings. The highest BCUT2D eigenvalue weighted by atomic mass is 16.2. The van der Waals surface area contributed by atoms with Gasteiger partial charge >= 0.3 is 0 Å². The van der Waals surface area contributed by atoms with Gasteiger partial charge in [0, 0.05) is 55.6 Å². The Balaban J connectivity index is 1.37. The van der Waals surface area contributed by atoms with Gasteiger partial charge < -0.3 is 15.5 Å². The summed E-state index contributed by atoms with van der Waals surface area (Å²) in [5.74, 6) is 0.0650. The van der Waals surface area contributed by atoms with Crippen molar-refractivity contribution in [2.45, 2.75) is 38.8 Å². The summed E-state index contributed by atoms with van der Waals surface area (Å²) < 4.78 is 0. The predicted molar refractivity (Wildman–Crippen MR) is 97.7 cm³/mol. The third-order valence-electron chi connectivity index (χ3n) is 5.18. The summed E-state index contributed by atoms with van der Waals surface area (Å²) in [5.41, 5.74) is 5.19. The zero-order chi connectivity index (χ0) is 17.2. The number of amides is 1. The number of hydrogen-bond acceptors (Lipinski definition) is 4. The summed E-state index contributed by atoms with van der Waals surface area (Å²) in [6.07, 6.45) is 2.84. The van der Waals surface area contributed by atoms with Crippen molar-refractivity contribution in [2.24, 2.45) is 0 Å². The van der Waals surface area contributed by atoms with E-state index in [1.165, 1.54) is 5.56 Å². The van der Waals surface area contributed by atoms with E-state index in [0.717, 1.165) is 62.4 Å². The van der Waals surface area contributed by atoms with Crippen LogP contribution in [0.15, 0.2) is 24.3 Å². The van der Waals surface area contributed by atoms with Gasteiger partial charge in [0.2, 0.25) is 0 Å². The quantitative estimate of drug-likeness (QED) is 0.800. The Kier molecular flexibility index (Phi) is 4.44. The molecule has 132 valence electrons. The molecule has 1 amide bonds. The Morgan fingerprint density at radius 1 is 1.32 bits per heavy atom. The number of nitrogens with one attached hydrogen (secondary N) is 3. The first-order chi connectivity index (χ1) is 12.2. The lowest BCUT2D eigenvalue weighted by molar-refractivity contribution is 0.0711. The summed E-state index contributed by atoms with van der Waals surface area (Å²) in [6.45, 7) is 5.33. The van der Waals surface area contributed by atoms with Crippen molar-refractivity contribution in [3.05, 3.63) is 46.8 Å².